The van der Waals surface area contributed by atoms with Crippen molar-refractivity contribution in [2.75, 3.05) is 0 Å². The summed E-state index contributed by atoms with van der Waals surface area (Å²) in [5, 5.41) is 0. The first-order valence-corrected chi connectivity index (χ1v) is 3.53. The van der Waals surface area contributed by atoms with Crippen molar-refractivity contribution < 1.29 is 0 Å². The van der Waals surface area contributed by atoms with E-state index in [0.717, 1.165) is 17.6 Å². The fourth-order valence-electron chi connectivity index (χ4n) is 0.590. The molecule has 0 aromatic rings. The largest absolute Gasteiger partial charge is 0.0958 e. The van der Waals surface area contributed by atoms with Crippen LogP contribution in [0, 0.1) is 0 Å². The van der Waals surface area contributed by atoms with Crippen LogP contribution < -0.4 is 0 Å². The Kier molecular flexibility index (Phi) is 3.78. The zero-order valence-corrected chi connectivity index (χ0v) is 7.20. The van der Waals surface area contributed by atoms with E-state index in [9.17, 15) is 0 Å². The van der Waals surface area contributed by atoms with Crippen molar-refractivity contribution in [3.63, 3.8) is 0 Å². The van der Waals surface area contributed by atoms with Gasteiger partial charge in [0.25, 0.3) is 0 Å². The Morgan fingerprint density at radius 2 is 1.80 bits per heavy atom. The molecule has 0 atom stereocenters. The van der Waals surface area contributed by atoms with E-state index in [2.05, 4.69) is 26.2 Å². The van der Waals surface area contributed by atoms with E-state index >= 15 is 0 Å². The molecular weight excluding hydrogens is 120 g/mol. The molecule has 0 amide bonds. The fraction of sp³-hybridized carbons (Fsp3) is 0.400. The Balaban J connectivity index is 3.93. The number of allylic oxidation sites excluding steroid dienone is 4. The second kappa shape index (κ2) is 4.10. The van der Waals surface area contributed by atoms with E-state index in [1.54, 1.807) is 0 Å². The predicted octanol–water partition coefficient (Wildman–Crippen LogP) is 3.48. The second-order valence-electron chi connectivity index (χ2n) is 2.70. The summed E-state index contributed by atoms with van der Waals surface area (Å²) in [5.74, 6) is 0. The summed E-state index contributed by atoms with van der Waals surface area (Å²) in [6, 6.07) is 0. The van der Waals surface area contributed by atoms with Gasteiger partial charge in [0.2, 0.25) is 0 Å². The molecule has 0 radical (unpaired) electrons. The molecule has 0 fully saturated rings. The first kappa shape index (κ1) is 9.22. The summed E-state index contributed by atoms with van der Waals surface area (Å²) in [6.07, 6.45) is 3.07. The zero-order chi connectivity index (χ0) is 8.15. The monoisotopic (exact) mass is 136 g/mol. The van der Waals surface area contributed by atoms with Gasteiger partial charge in [-0.15, -0.1) is 0 Å². The standard InChI is InChI=1S/C10H16/c1-6-9(4)7-10(5)8(2)3/h6H,2,5,7H2,1,3-4H3. The third-order valence-electron chi connectivity index (χ3n) is 1.59. The highest BCUT2D eigenvalue weighted by atomic mass is 14.0. The van der Waals surface area contributed by atoms with Gasteiger partial charge in [-0.05, 0) is 32.8 Å². The number of rotatable bonds is 3. The molecule has 0 saturated heterocycles. The molecule has 0 aromatic heterocycles. The average molecular weight is 136 g/mol. The minimum absolute atomic E-state index is 0.964. The van der Waals surface area contributed by atoms with Crippen molar-refractivity contribution in [3.8, 4) is 0 Å². The van der Waals surface area contributed by atoms with E-state index in [0.29, 0.717) is 0 Å². The summed E-state index contributed by atoms with van der Waals surface area (Å²) in [6.45, 7) is 13.9. The van der Waals surface area contributed by atoms with Crippen molar-refractivity contribution >= 4 is 0 Å². The van der Waals surface area contributed by atoms with Crippen LogP contribution in [0.5, 0.6) is 0 Å². The Bertz CT molecular complexity index is 170. The molecule has 0 bridgehead atoms. The van der Waals surface area contributed by atoms with Gasteiger partial charge in [-0.3, -0.25) is 0 Å². The van der Waals surface area contributed by atoms with Crippen molar-refractivity contribution in [1.82, 2.24) is 0 Å². The summed E-state index contributed by atoms with van der Waals surface area (Å²) in [4.78, 5) is 0. The van der Waals surface area contributed by atoms with Crippen molar-refractivity contribution in [2.45, 2.75) is 27.2 Å². The molecular formula is C10H16. The second-order valence-corrected chi connectivity index (χ2v) is 2.70. The van der Waals surface area contributed by atoms with E-state index < -0.39 is 0 Å². The lowest BCUT2D eigenvalue weighted by molar-refractivity contribution is 1.12. The maximum absolute atomic E-state index is 3.90. The third kappa shape index (κ3) is 3.29. The van der Waals surface area contributed by atoms with E-state index in [4.69, 9.17) is 0 Å². The summed E-state index contributed by atoms with van der Waals surface area (Å²) >= 11 is 0. The number of hydrogen-bond acceptors (Lipinski definition) is 0. The molecule has 0 rings (SSSR count). The quantitative estimate of drug-likeness (QED) is 0.411. The highest BCUT2D eigenvalue weighted by molar-refractivity contribution is 5.27. The van der Waals surface area contributed by atoms with Crippen LogP contribution in [0.4, 0.5) is 0 Å². The van der Waals surface area contributed by atoms with Gasteiger partial charge in [-0.25, -0.2) is 0 Å². The molecule has 0 heterocycles. The smallest absolute Gasteiger partial charge is 0.00735 e. The van der Waals surface area contributed by atoms with Crippen LogP contribution in [-0.4, -0.2) is 0 Å². The van der Waals surface area contributed by atoms with Gasteiger partial charge in [0.05, 0.1) is 0 Å². The molecule has 0 N–H and O–H groups in total. The highest BCUT2D eigenvalue weighted by Crippen LogP contribution is 2.14. The van der Waals surface area contributed by atoms with Crippen LogP contribution in [0.1, 0.15) is 27.2 Å². The fourth-order valence-corrected chi connectivity index (χ4v) is 0.590. The lowest BCUT2D eigenvalue weighted by atomic mass is 10.0. The maximum Gasteiger partial charge on any atom is -0.00735 e. The van der Waals surface area contributed by atoms with Gasteiger partial charge in [0.15, 0.2) is 0 Å². The summed E-state index contributed by atoms with van der Waals surface area (Å²) in [7, 11) is 0. The van der Waals surface area contributed by atoms with Crippen molar-refractivity contribution in [1.29, 1.82) is 0 Å². The van der Waals surface area contributed by atoms with Crippen LogP contribution in [0.15, 0.2) is 36.0 Å². The topological polar surface area (TPSA) is 0 Å². The summed E-state index contributed by atoms with van der Waals surface area (Å²) in [5.41, 5.74) is 3.57. The average Bonchev–Trinajstić information content (AvgIpc) is 1.87. The lowest BCUT2D eigenvalue weighted by Gasteiger charge is -2.03. The van der Waals surface area contributed by atoms with Gasteiger partial charge in [0, 0.05) is 0 Å². The van der Waals surface area contributed by atoms with E-state index in [1.165, 1.54) is 5.57 Å². The SMILES string of the molecule is C=C(C)C(=C)CC(C)=CC. The van der Waals surface area contributed by atoms with E-state index in [-0.39, 0.29) is 0 Å². The van der Waals surface area contributed by atoms with Crippen LogP contribution in [-0.2, 0) is 0 Å². The van der Waals surface area contributed by atoms with Crippen molar-refractivity contribution in [2.24, 2.45) is 0 Å². The molecule has 0 heteroatoms. The van der Waals surface area contributed by atoms with Crippen LogP contribution >= 0.6 is 0 Å². The Morgan fingerprint density at radius 3 is 2.10 bits per heavy atom. The van der Waals surface area contributed by atoms with E-state index in [1.807, 2.05) is 13.8 Å². The van der Waals surface area contributed by atoms with Gasteiger partial charge in [-0.2, -0.15) is 0 Å². The van der Waals surface area contributed by atoms with Crippen LogP contribution in [0.3, 0.4) is 0 Å². The summed E-state index contributed by atoms with van der Waals surface area (Å²) < 4.78 is 0. The molecule has 0 aromatic carbocycles. The normalized spacial score (nSPS) is 11.3. The Labute approximate surface area is 64.0 Å². The minimum atomic E-state index is 0.964. The maximum atomic E-state index is 3.90. The first-order valence-electron chi connectivity index (χ1n) is 3.53. The predicted molar refractivity (Wildman–Crippen MR) is 48.0 cm³/mol. The number of hydrogen-bond donors (Lipinski definition) is 0. The van der Waals surface area contributed by atoms with Crippen LogP contribution in [0.2, 0.25) is 0 Å². The molecule has 0 aliphatic carbocycles. The Morgan fingerprint density at radius 1 is 1.30 bits per heavy atom. The van der Waals surface area contributed by atoms with Gasteiger partial charge in [0.1, 0.15) is 0 Å². The molecule has 10 heavy (non-hydrogen) atoms. The minimum Gasteiger partial charge on any atom is -0.0958 e. The van der Waals surface area contributed by atoms with Crippen molar-refractivity contribution in [3.05, 3.63) is 36.0 Å². The highest BCUT2D eigenvalue weighted by Gasteiger charge is 1.94. The molecule has 0 unspecified atom stereocenters. The Hall–Kier alpha value is -0.780. The molecule has 0 saturated carbocycles. The van der Waals surface area contributed by atoms with Crippen LogP contribution in [0.25, 0.3) is 0 Å². The molecule has 56 valence electrons. The third-order valence-corrected chi connectivity index (χ3v) is 1.59. The zero-order valence-electron chi connectivity index (χ0n) is 7.20. The molecule has 0 nitrogen and oxygen atoms in total. The van der Waals surface area contributed by atoms with Gasteiger partial charge in [-0.1, -0.05) is 30.4 Å². The molecule has 0 aliphatic rings. The lowest BCUT2D eigenvalue weighted by Crippen LogP contribution is -1.83. The molecule has 0 aliphatic heterocycles. The first-order chi connectivity index (χ1) is 4.57. The van der Waals surface area contributed by atoms with Gasteiger partial charge >= 0.3 is 0 Å². The molecule has 0 spiro atoms. The van der Waals surface area contributed by atoms with Gasteiger partial charge < -0.3 is 0 Å².